The van der Waals surface area contributed by atoms with Crippen molar-refractivity contribution >= 4 is 5.78 Å². The maximum atomic E-state index is 12.0. The van der Waals surface area contributed by atoms with E-state index in [1.807, 2.05) is 0 Å². The smallest absolute Gasteiger partial charge is 0.136 e. The van der Waals surface area contributed by atoms with Crippen LogP contribution in [0.15, 0.2) is 0 Å². The van der Waals surface area contributed by atoms with Crippen LogP contribution in [0.2, 0.25) is 0 Å². The molecule has 1 rings (SSSR count). The largest absolute Gasteiger partial charge is 0.385 e. The number of rotatable bonds is 6. The molecule has 0 spiro atoms. The van der Waals surface area contributed by atoms with Gasteiger partial charge in [-0.2, -0.15) is 0 Å². The Morgan fingerprint density at radius 2 is 2.13 bits per heavy atom. The molecule has 0 amide bonds. The Hall–Kier alpha value is -0.370. The van der Waals surface area contributed by atoms with E-state index < -0.39 is 0 Å². The van der Waals surface area contributed by atoms with Gasteiger partial charge in [0, 0.05) is 26.1 Å². The van der Waals surface area contributed by atoms with E-state index in [0.717, 1.165) is 25.9 Å². The zero-order valence-electron chi connectivity index (χ0n) is 10.3. The first-order chi connectivity index (χ1) is 7.20. The van der Waals surface area contributed by atoms with Crippen molar-refractivity contribution in [2.75, 3.05) is 13.7 Å². The lowest BCUT2D eigenvalue weighted by molar-refractivity contribution is -0.125. The van der Waals surface area contributed by atoms with E-state index >= 15 is 0 Å². The minimum absolute atomic E-state index is 0.320. The van der Waals surface area contributed by atoms with Gasteiger partial charge in [0.05, 0.1) is 0 Å². The molecule has 0 aromatic carbocycles. The Kier molecular flexibility index (Phi) is 5.30. The molecule has 0 bridgehead atoms. The number of carbonyl (C=O) groups excluding carboxylic acids is 1. The van der Waals surface area contributed by atoms with Crippen LogP contribution in [0.25, 0.3) is 0 Å². The molecule has 2 nitrogen and oxygen atoms in total. The molecule has 3 atom stereocenters. The molecule has 0 saturated heterocycles. The zero-order chi connectivity index (χ0) is 11.3. The topological polar surface area (TPSA) is 26.3 Å². The third-order valence-corrected chi connectivity index (χ3v) is 3.67. The van der Waals surface area contributed by atoms with E-state index in [9.17, 15) is 4.79 Å². The van der Waals surface area contributed by atoms with Crippen LogP contribution in [-0.4, -0.2) is 19.5 Å². The van der Waals surface area contributed by atoms with Gasteiger partial charge < -0.3 is 4.74 Å². The number of methoxy groups -OCH3 is 1. The van der Waals surface area contributed by atoms with Crippen molar-refractivity contribution in [2.45, 2.75) is 46.0 Å². The lowest BCUT2D eigenvalue weighted by Gasteiger charge is -2.21. The molecule has 0 aliphatic heterocycles. The summed E-state index contributed by atoms with van der Waals surface area (Å²) in [5.41, 5.74) is 0. The predicted molar refractivity (Wildman–Crippen MR) is 61.8 cm³/mol. The summed E-state index contributed by atoms with van der Waals surface area (Å²) in [5.74, 6) is 1.98. The third-order valence-electron chi connectivity index (χ3n) is 3.67. The second kappa shape index (κ2) is 6.26. The highest BCUT2D eigenvalue weighted by Crippen LogP contribution is 2.40. The quantitative estimate of drug-likeness (QED) is 0.676. The highest BCUT2D eigenvalue weighted by molar-refractivity contribution is 5.81. The second-order valence-corrected chi connectivity index (χ2v) is 4.84. The summed E-state index contributed by atoms with van der Waals surface area (Å²) in [7, 11) is 1.74. The van der Waals surface area contributed by atoms with Gasteiger partial charge in [0.1, 0.15) is 5.78 Å². The summed E-state index contributed by atoms with van der Waals surface area (Å²) in [5, 5.41) is 0. The van der Waals surface area contributed by atoms with Crippen molar-refractivity contribution in [3.05, 3.63) is 0 Å². The van der Waals surface area contributed by atoms with Crippen LogP contribution in [0, 0.1) is 17.8 Å². The highest BCUT2D eigenvalue weighted by Gasteiger charge is 2.37. The second-order valence-electron chi connectivity index (χ2n) is 4.84. The van der Waals surface area contributed by atoms with Crippen LogP contribution in [-0.2, 0) is 9.53 Å². The van der Waals surface area contributed by atoms with Crippen LogP contribution >= 0.6 is 0 Å². The summed E-state index contributed by atoms with van der Waals surface area (Å²) in [6.45, 7) is 5.11. The fourth-order valence-electron chi connectivity index (χ4n) is 2.89. The van der Waals surface area contributed by atoms with Gasteiger partial charge >= 0.3 is 0 Å². The Morgan fingerprint density at radius 1 is 1.40 bits per heavy atom. The summed E-state index contributed by atoms with van der Waals surface area (Å²) in [4.78, 5) is 12.0. The van der Waals surface area contributed by atoms with Gasteiger partial charge in [0.25, 0.3) is 0 Å². The SMILES string of the molecule is CCCC(=O)C1C(C)CCC1CCOC. The molecular weight excluding hydrogens is 188 g/mol. The van der Waals surface area contributed by atoms with Crippen molar-refractivity contribution in [1.29, 1.82) is 0 Å². The number of Topliss-reactive ketones (excluding diaryl/α,β-unsaturated/α-hetero) is 1. The first-order valence-corrected chi connectivity index (χ1v) is 6.22. The molecule has 1 fully saturated rings. The van der Waals surface area contributed by atoms with Crippen molar-refractivity contribution in [2.24, 2.45) is 17.8 Å². The van der Waals surface area contributed by atoms with Crippen LogP contribution in [0.4, 0.5) is 0 Å². The summed E-state index contributed by atoms with van der Waals surface area (Å²) in [6, 6.07) is 0. The van der Waals surface area contributed by atoms with Gasteiger partial charge in [-0.15, -0.1) is 0 Å². The molecule has 1 aliphatic rings. The Balaban J connectivity index is 2.51. The fourth-order valence-corrected chi connectivity index (χ4v) is 2.89. The van der Waals surface area contributed by atoms with Crippen molar-refractivity contribution in [3.8, 4) is 0 Å². The van der Waals surface area contributed by atoms with Gasteiger partial charge in [-0.05, 0) is 37.5 Å². The van der Waals surface area contributed by atoms with E-state index in [-0.39, 0.29) is 0 Å². The van der Waals surface area contributed by atoms with Crippen LogP contribution in [0.5, 0.6) is 0 Å². The van der Waals surface area contributed by atoms with Gasteiger partial charge in [-0.25, -0.2) is 0 Å². The Bertz CT molecular complexity index is 201. The minimum Gasteiger partial charge on any atom is -0.385 e. The first kappa shape index (κ1) is 12.7. The molecule has 0 aromatic rings. The lowest BCUT2D eigenvalue weighted by Crippen LogP contribution is -2.24. The molecule has 0 heterocycles. The van der Waals surface area contributed by atoms with Gasteiger partial charge in [0.15, 0.2) is 0 Å². The first-order valence-electron chi connectivity index (χ1n) is 6.22. The molecule has 0 radical (unpaired) electrons. The molecule has 1 aliphatic carbocycles. The number of ketones is 1. The van der Waals surface area contributed by atoms with Gasteiger partial charge in [-0.1, -0.05) is 13.8 Å². The molecule has 15 heavy (non-hydrogen) atoms. The number of hydrogen-bond donors (Lipinski definition) is 0. The van der Waals surface area contributed by atoms with Crippen LogP contribution in [0.1, 0.15) is 46.0 Å². The maximum Gasteiger partial charge on any atom is 0.136 e. The average Bonchev–Trinajstić information content (AvgIpc) is 2.57. The minimum atomic E-state index is 0.320. The molecule has 0 aromatic heterocycles. The normalized spacial score (nSPS) is 30.7. The fraction of sp³-hybridized carbons (Fsp3) is 0.923. The van der Waals surface area contributed by atoms with E-state index in [4.69, 9.17) is 4.74 Å². The summed E-state index contributed by atoms with van der Waals surface area (Å²) >= 11 is 0. The van der Waals surface area contributed by atoms with Crippen LogP contribution < -0.4 is 0 Å². The van der Waals surface area contributed by atoms with Gasteiger partial charge in [-0.3, -0.25) is 4.79 Å². The predicted octanol–water partition coefficient (Wildman–Crippen LogP) is 3.05. The molecule has 2 heteroatoms. The Morgan fingerprint density at radius 3 is 2.73 bits per heavy atom. The van der Waals surface area contributed by atoms with E-state index in [1.54, 1.807) is 7.11 Å². The van der Waals surface area contributed by atoms with E-state index in [1.165, 1.54) is 12.8 Å². The number of ether oxygens (including phenoxy) is 1. The molecule has 3 unspecified atom stereocenters. The van der Waals surface area contributed by atoms with Crippen molar-refractivity contribution in [1.82, 2.24) is 0 Å². The molecular formula is C13H24O2. The average molecular weight is 212 g/mol. The zero-order valence-corrected chi connectivity index (χ0v) is 10.3. The molecule has 88 valence electrons. The van der Waals surface area contributed by atoms with Gasteiger partial charge in [0.2, 0.25) is 0 Å². The number of hydrogen-bond acceptors (Lipinski definition) is 2. The summed E-state index contributed by atoms with van der Waals surface area (Å²) < 4.78 is 5.12. The lowest BCUT2D eigenvalue weighted by atomic mass is 9.83. The Labute approximate surface area is 93.4 Å². The van der Waals surface area contributed by atoms with E-state index in [0.29, 0.717) is 23.5 Å². The third kappa shape index (κ3) is 3.30. The number of carbonyl (C=O) groups is 1. The highest BCUT2D eigenvalue weighted by atomic mass is 16.5. The summed E-state index contributed by atoms with van der Waals surface area (Å²) in [6.07, 6.45) is 5.23. The molecule has 1 saturated carbocycles. The monoisotopic (exact) mass is 212 g/mol. The van der Waals surface area contributed by atoms with Crippen molar-refractivity contribution in [3.63, 3.8) is 0 Å². The van der Waals surface area contributed by atoms with Crippen LogP contribution in [0.3, 0.4) is 0 Å². The molecule has 0 N–H and O–H groups in total. The van der Waals surface area contributed by atoms with E-state index in [2.05, 4.69) is 13.8 Å². The maximum absolute atomic E-state index is 12.0. The standard InChI is InChI=1S/C13H24O2/c1-4-5-12(14)13-10(2)6-7-11(13)8-9-15-3/h10-11,13H,4-9H2,1-3H3. The van der Waals surface area contributed by atoms with Crippen molar-refractivity contribution < 1.29 is 9.53 Å².